The molecule has 0 aromatic heterocycles. The average molecular weight is 338 g/mol. The van der Waals surface area contributed by atoms with Gasteiger partial charge in [-0.3, -0.25) is 0 Å². The molecule has 0 amide bonds. The molecule has 1 aromatic rings. The van der Waals surface area contributed by atoms with E-state index in [2.05, 4.69) is 31.9 Å². The lowest BCUT2D eigenvalue weighted by atomic mass is 10.0. The van der Waals surface area contributed by atoms with Gasteiger partial charge in [-0.1, -0.05) is 49.6 Å². The van der Waals surface area contributed by atoms with Crippen LogP contribution in [0.25, 0.3) is 0 Å². The Bertz CT molecular complexity index is 328. The SMILES string of the molecule is Cc1ccc(Br)c(C(O)C(O)CCBr)c1. The molecular weight excluding hydrogens is 324 g/mol. The number of alkyl halides is 1. The first-order valence-electron chi connectivity index (χ1n) is 4.74. The molecule has 0 saturated heterocycles. The van der Waals surface area contributed by atoms with Crippen LogP contribution in [0.1, 0.15) is 23.7 Å². The van der Waals surface area contributed by atoms with E-state index < -0.39 is 12.2 Å². The van der Waals surface area contributed by atoms with Crippen LogP contribution in [0.15, 0.2) is 22.7 Å². The number of halogens is 2. The predicted molar refractivity (Wildman–Crippen MR) is 68.3 cm³/mol. The molecule has 0 heterocycles. The van der Waals surface area contributed by atoms with Gasteiger partial charge < -0.3 is 10.2 Å². The van der Waals surface area contributed by atoms with E-state index in [1.165, 1.54) is 0 Å². The maximum atomic E-state index is 9.92. The maximum Gasteiger partial charge on any atom is 0.106 e. The van der Waals surface area contributed by atoms with E-state index in [-0.39, 0.29) is 0 Å². The van der Waals surface area contributed by atoms with Crippen molar-refractivity contribution in [3.8, 4) is 0 Å². The second-order valence-electron chi connectivity index (χ2n) is 3.51. The lowest BCUT2D eigenvalue weighted by Crippen LogP contribution is -2.19. The van der Waals surface area contributed by atoms with E-state index in [0.29, 0.717) is 11.8 Å². The summed E-state index contributed by atoms with van der Waals surface area (Å²) in [6.45, 7) is 1.96. The molecule has 0 spiro atoms. The number of hydrogen-bond acceptors (Lipinski definition) is 2. The number of hydrogen-bond donors (Lipinski definition) is 2. The van der Waals surface area contributed by atoms with Crippen LogP contribution < -0.4 is 0 Å². The summed E-state index contributed by atoms with van der Waals surface area (Å²) >= 11 is 6.61. The number of rotatable bonds is 4. The summed E-state index contributed by atoms with van der Waals surface area (Å²) in [5.74, 6) is 0. The van der Waals surface area contributed by atoms with Crippen molar-refractivity contribution in [1.29, 1.82) is 0 Å². The average Bonchev–Trinajstić information content (AvgIpc) is 2.21. The van der Waals surface area contributed by atoms with E-state index in [4.69, 9.17) is 0 Å². The molecule has 0 aliphatic rings. The molecule has 2 atom stereocenters. The van der Waals surface area contributed by atoms with Crippen molar-refractivity contribution in [3.05, 3.63) is 33.8 Å². The van der Waals surface area contributed by atoms with Crippen LogP contribution in [0.5, 0.6) is 0 Å². The van der Waals surface area contributed by atoms with Crippen LogP contribution in [0.3, 0.4) is 0 Å². The summed E-state index contributed by atoms with van der Waals surface area (Å²) in [6.07, 6.45) is -1.04. The molecule has 84 valence electrons. The van der Waals surface area contributed by atoms with Crippen LogP contribution >= 0.6 is 31.9 Å². The Morgan fingerprint density at radius 1 is 1.33 bits per heavy atom. The van der Waals surface area contributed by atoms with Gasteiger partial charge in [-0.15, -0.1) is 0 Å². The van der Waals surface area contributed by atoms with Crippen LogP contribution in [0.4, 0.5) is 0 Å². The van der Waals surface area contributed by atoms with E-state index in [1.54, 1.807) is 0 Å². The molecule has 2 N–H and O–H groups in total. The molecule has 2 nitrogen and oxygen atoms in total. The highest BCUT2D eigenvalue weighted by Crippen LogP contribution is 2.27. The molecule has 1 aromatic carbocycles. The molecule has 0 bridgehead atoms. The number of aliphatic hydroxyl groups excluding tert-OH is 2. The number of benzene rings is 1. The molecule has 4 heteroatoms. The van der Waals surface area contributed by atoms with Crippen LogP contribution in [-0.4, -0.2) is 21.6 Å². The van der Waals surface area contributed by atoms with Gasteiger partial charge in [0, 0.05) is 9.80 Å². The quantitative estimate of drug-likeness (QED) is 0.829. The van der Waals surface area contributed by atoms with E-state index in [0.717, 1.165) is 15.6 Å². The van der Waals surface area contributed by atoms with Crippen LogP contribution in [-0.2, 0) is 0 Å². The summed E-state index contributed by atoms with van der Waals surface area (Å²) in [4.78, 5) is 0. The Morgan fingerprint density at radius 2 is 2.00 bits per heavy atom. The third kappa shape index (κ3) is 3.55. The molecule has 0 saturated carbocycles. The van der Waals surface area contributed by atoms with Gasteiger partial charge in [-0.05, 0) is 25.0 Å². The zero-order valence-corrected chi connectivity index (χ0v) is 11.6. The topological polar surface area (TPSA) is 40.5 Å². The standard InChI is InChI=1S/C11H14Br2O2/c1-7-2-3-9(13)8(6-7)11(15)10(14)4-5-12/h2-3,6,10-11,14-15H,4-5H2,1H3. The lowest BCUT2D eigenvalue weighted by molar-refractivity contribution is 0.0169. The molecule has 0 aliphatic heterocycles. The van der Waals surface area contributed by atoms with Gasteiger partial charge in [0.2, 0.25) is 0 Å². The number of aliphatic hydroxyl groups is 2. The zero-order valence-electron chi connectivity index (χ0n) is 8.45. The minimum atomic E-state index is -0.836. The summed E-state index contributed by atoms with van der Waals surface area (Å²) in [5.41, 5.74) is 1.81. The van der Waals surface area contributed by atoms with Gasteiger partial charge in [0.1, 0.15) is 6.10 Å². The Hall–Kier alpha value is 0.1000. The third-order valence-corrected chi connectivity index (χ3v) is 3.42. The fourth-order valence-electron chi connectivity index (χ4n) is 1.37. The van der Waals surface area contributed by atoms with Crippen molar-refractivity contribution in [2.75, 3.05) is 5.33 Å². The van der Waals surface area contributed by atoms with E-state index in [1.807, 2.05) is 25.1 Å². The van der Waals surface area contributed by atoms with Gasteiger partial charge >= 0.3 is 0 Å². The monoisotopic (exact) mass is 336 g/mol. The molecule has 0 aliphatic carbocycles. The van der Waals surface area contributed by atoms with Crippen LogP contribution in [0, 0.1) is 6.92 Å². The predicted octanol–water partition coefficient (Wildman–Crippen LogP) is 2.94. The van der Waals surface area contributed by atoms with Crippen molar-refractivity contribution in [1.82, 2.24) is 0 Å². The number of aryl methyl sites for hydroxylation is 1. The molecule has 2 unspecified atom stereocenters. The third-order valence-electron chi connectivity index (χ3n) is 2.24. The minimum Gasteiger partial charge on any atom is -0.390 e. The van der Waals surface area contributed by atoms with Gasteiger partial charge in [-0.25, -0.2) is 0 Å². The fraction of sp³-hybridized carbons (Fsp3) is 0.455. The van der Waals surface area contributed by atoms with Crippen molar-refractivity contribution in [2.45, 2.75) is 25.6 Å². The van der Waals surface area contributed by atoms with Crippen molar-refractivity contribution < 1.29 is 10.2 Å². The smallest absolute Gasteiger partial charge is 0.106 e. The van der Waals surface area contributed by atoms with E-state index in [9.17, 15) is 10.2 Å². The molecule has 0 radical (unpaired) electrons. The highest BCUT2D eigenvalue weighted by Gasteiger charge is 2.19. The van der Waals surface area contributed by atoms with Crippen molar-refractivity contribution in [3.63, 3.8) is 0 Å². The second kappa shape index (κ2) is 5.99. The first kappa shape index (κ1) is 13.2. The molecule has 15 heavy (non-hydrogen) atoms. The van der Waals surface area contributed by atoms with Gasteiger partial charge in [-0.2, -0.15) is 0 Å². The summed E-state index contributed by atoms with van der Waals surface area (Å²) in [6, 6.07) is 5.72. The Kier molecular flexibility index (Phi) is 5.26. The lowest BCUT2D eigenvalue weighted by Gasteiger charge is -2.18. The molecule has 0 fully saturated rings. The molecular formula is C11H14Br2O2. The van der Waals surface area contributed by atoms with Crippen molar-refractivity contribution in [2.24, 2.45) is 0 Å². The highest BCUT2D eigenvalue weighted by molar-refractivity contribution is 9.10. The Labute approximate surface area is 107 Å². The Balaban J connectivity index is 2.89. The summed E-state index contributed by atoms with van der Waals surface area (Å²) < 4.78 is 0.828. The Morgan fingerprint density at radius 3 is 2.60 bits per heavy atom. The zero-order chi connectivity index (χ0) is 11.4. The van der Waals surface area contributed by atoms with Gasteiger partial charge in [0.25, 0.3) is 0 Å². The first-order chi connectivity index (χ1) is 7.06. The fourth-order valence-corrected chi connectivity index (χ4v) is 2.32. The summed E-state index contributed by atoms with van der Waals surface area (Å²) in [7, 11) is 0. The highest BCUT2D eigenvalue weighted by atomic mass is 79.9. The first-order valence-corrected chi connectivity index (χ1v) is 6.66. The van der Waals surface area contributed by atoms with Crippen molar-refractivity contribution >= 4 is 31.9 Å². The summed E-state index contributed by atoms with van der Waals surface area (Å²) in [5, 5.41) is 20.3. The van der Waals surface area contributed by atoms with Gasteiger partial charge in [0.15, 0.2) is 0 Å². The van der Waals surface area contributed by atoms with Gasteiger partial charge in [0.05, 0.1) is 6.10 Å². The maximum absolute atomic E-state index is 9.92. The normalized spacial score (nSPS) is 15.0. The molecule has 1 rings (SSSR count). The van der Waals surface area contributed by atoms with Crippen LogP contribution in [0.2, 0.25) is 0 Å². The largest absolute Gasteiger partial charge is 0.390 e. The minimum absolute atomic E-state index is 0.529. The van der Waals surface area contributed by atoms with E-state index >= 15 is 0 Å². The second-order valence-corrected chi connectivity index (χ2v) is 5.16.